The highest BCUT2D eigenvalue weighted by molar-refractivity contribution is 7.18. The van der Waals surface area contributed by atoms with Gasteiger partial charge in [0.15, 0.2) is 17.3 Å². The van der Waals surface area contributed by atoms with Crippen molar-refractivity contribution < 1.29 is 22.7 Å². The third kappa shape index (κ3) is 3.00. The fraction of sp³-hybridized carbons (Fsp3) is 0.167. The van der Waals surface area contributed by atoms with Crippen molar-refractivity contribution in [1.82, 2.24) is 15.0 Å². The lowest BCUT2D eigenvalue weighted by Crippen LogP contribution is -2.24. The van der Waals surface area contributed by atoms with Crippen molar-refractivity contribution in [2.75, 3.05) is 5.73 Å². The van der Waals surface area contributed by atoms with E-state index in [1.54, 1.807) is 6.07 Å². The van der Waals surface area contributed by atoms with Crippen LogP contribution in [-0.4, -0.2) is 20.1 Å². The van der Waals surface area contributed by atoms with Crippen LogP contribution in [0.15, 0.2) is 40.9 Å². The number of aromatic nitrogens is 3. The molecule has 0 aromatic carbocycles. The molecule has 0 aliphatic heterocycles. The Balaban J connectivity index is 1.81. The Labute approximate surface area is 160 Å². The zero-order chi connectivity index (χ0) is 20.1. The van der Waals surface area contributed by atoms with Gasteiger partial charge in [-0.05, 0) is 37.3 Å². The number of nitrogens with two attached hydrogens (primary N) is 1. The Morgan fingerprint density at radius 1 is 1.25 bits per heavy atom. The lowest BCUT2D eigenvalue weighted by Gasteiger charge is -2.21. The van der Waals surface area contributed by atoms with E-state index in [1.165, 1.54) is 31.3 Å². The second-order valence-electron chi connectivity index (χ2n) is 6.17. The summed E-state index contributed by atoms with van der Waals surface area (Å²) in [5.41, 5.74) is 4.12. The van der Waals surface area contributed by atoms with Crippen LogP contribution in [0.2, 0.25) is 0 Å². The van der Waals surface area contributed by atoms with Crippen molar-refractivity contribution >= 4 is 27.4 Å². The van der Waals surface area contributed by atoms with Gasteiger partial charge in [-0.3, -0.25) is 4.98 Å². The molecule has 0 bridgehead atoms. The minimum atomic E-state index is -2.76. The minimum Gasteiger partial charge on any atom is -0.452 e. The van der Waals surface area contributed by atoms with Crippen LogP contribution in [0.4, 0.5) is 19.0 Å². The first-order chi connectivity index (χ1) is 13.3. The molecule has 1 unspecified atom stereocenters. The molecule has 4 heterocycles. The van der Waals surface area contributed by atoms with E-state index < -0.39 is 23.6 Å². The first-order valence-corrected chi connectivity index (χ1v) is 8.88. The van der Waals surface area contributed by atoms with E-state index in [2.05, 4.69) is 15.0 Å². The van der Waals surface area contributed by atoms with E-state index in [4.69, 9.17) is 10.2 Å². The Morgan fingerprint density at radius 2 is 2.04 bits per heavy atom. The fourth-order valence-corrected chi connectivity index (χ4v) is 3.83. The number of anilines is 1. The number of thiophene rings is 1. The fourth-order valence-electron chi connectivity index (χ4n) is 2.74. The van der Waals surface area contributed by atoms with E-state index in [0.29, 0.717) is 15.1 Å². The Kier molecular flexibility index (Phi) is 4.31. The number of aliphatic hydroxyl groups is 1. The third-order valence-corrected chi connectivity index (χ3v) is 5.42. The molecule has 0 aliphatic rings. The topological polar surface area (TPSA) is 98.1 Å². The molecule has 144 valence electrons. The number of rotatable bonds is 4. The minimum absolute atomic E-state index is 0.0361. The summed E-state index contributed by atoms with van der Waals surface area (Å²) in [6.45, 7) is 1.41. The predicted octanol–water partition coefficient (Wildman–Crippen LogP) is 4.26. The van der Waals surface area contributed by atoms with E-state index in [1.807, 2.05) is 0 Å². The number of nitrogen functional groups attached to an aromatic ring is 1. The molecular weight excluding hydrogens is 393 g/mol. The van der Waals surface area contributed by atoms with Gasteiger partial charge in [0.05, 0.1) is 5.39 Å². The Morgan fingerprint density at radius 3 is 2.71 bits per heavy atom. The first kappa shape index (κ1) is 18.4. The highest BCUT2D eigenvalue weighted by atomic mass is 32.1. The first-order valence-electron chi connectivity index (χ1n) is 8.06. The highest BCUT2D eigenvalue weighted by Gasteiger charge is 2.33. The number of hydrogen-bond donors (Lipinski definition) is 2. The van der Waals surface area contributed by atoms with E-state index >= 15 is 0 Å². The molecule has 3 N–H and O–H groups in total. The SMILES string of the molecule is CC(O)(c1cc2c(N)nc(-c3ccc(C(F)F)o3)nc2s1)c1ncccc1F. The summed E-state index contributed by atoms with van der Waals surface area (Å²) in [5, 5.41) is 11.3. The maximum absolute atomic E-state index is 14.1. The molecule has 1 atom stereocenters. The van der Waals surface area contributed by atoms with Crippen LogP contribution in [0, 0.1) is 5.82 Å². The lowest BCUT2D eigenvalue weighted by molar-refractivity contribution is 0.0967. The zero-order valence-corrected chi connectivity index (χ0v) is 15.2. The maximum Gasteiger partial charge on any atom is 0.295 e. The van der Waals surface area contributed by atoms with Crippen LogP contribution < -0.4 is 5.73 Å². The highest BCUT2D eigenvalue weighted by Crippen LogP contribution is 2.39. The van der Waals surface area contributed by atoms with Crippen molar-refractivity contribution in [3.05, 3.63) is 58.7 Å². The number of fused-ring (bicyclic) bond motifs is 1. The van der Waals surface area contributed by atoms with Gasteiger partial charge in [0.25, 0.3) is 6.43 Å². The average molecular weight is 406 g/mol. The number of pyridine rings is 1. The van der Waals surface area contributed by atoms with Gasteiger partial charge in [-0.15, -0.1) is 11.3 Å². The van der Waals surface area contributed by atoms with Crippen LogP contribution >= 0.6 is 11.3 Å². The van der Waals surface area contributed by atoms with Crippen LogP contribution in [0.25, 0.3) is 21.8 Å². The third-order valence-electron chi connectivity index (χ3n) is 4.18. The number of nitrogens with zero attached hydrogens (tertiary/aromatic N) is 3. The molecule has 0 fully saturated rings. The van der Waals surface area contributed by atoms with Crippen LogP contribution in [-0.2, 0) is 5.60 Å². The summed E-state index contributed by atoms with van der Waals surface area (Å²) in [6, 6.07) is 6.65. The van der Waals surface area contributed by atoms with Crippen molar-refractivity contribution in [1.29, 1.82) is 0 Å². The molecule has 4 aromatic rings. The average Bonchev–Trinajstić information content (AvgIpc) is 3.29. The van der Waals surface area contributed by atoms with Crippen molar-refractivity contribution in [3.8, 4) is 11.6 Å². The van der Waals surface area contributed by atoms with Crippen LogP contribution in [0.5, 0.6) is 0 Å². The van der Waals surface area contributed by atoms with Gasteiger partial charge >= 0.3 is 0 Å². The summed E-state index contributed by atoms with van der Waals surface area (Å²) in [7, 11) is 0. The number of alkyl halides is 2. The normalized spacial score (nSPS) is 13.9. The van der Waals surface area contributed by atoms with E-state index in [9.17, 15) is 18.3 Å². The molecule has 0 saturated heterocycles. The van der Waals surface area contributed by atoms with Crippen LogP contribution in [0.1, 0.15) is 29.7 Å². The molecular formula is C18H13F3N4O2S. The summed E-state index contributed by atoms with van der Waals surface area (Å²) in [4.78, 5) is 13.1. The zero-order valence-electron chi connectivity index (χ0n) is 14.4. The van der Waals surface area contributed by atoms with Gasteiger partial charge in [0.2, 0.25) is 0 Å². The molecule has 0 radical (unpaired) electrons. The monoisotopic (exact) mass is 406 g/mol. The number of halogens is 3. The summed E-state index contributed by atoms with van der Waals surface area (Å²) in [5.74, 6) is -0.998. The molecule has 0 aliphatic carbocycles. The van der Waals surface area contributed by atoms with E-state index in [0.717, 1.165) is 17.4 Å². The van der Waals surface area contributed by atoms with Gasteiger partial charge in [-0.1, -0.05) is 0 Å². The Hall–Kier alpha value is -2.98. The molecule has 0 amide bonds. The molecule has 4 rings (SSSR count). The molecule has 6 nitrogen and oxygen atoms in total. The molecule has 4 aromatic heterocycles. The van der Waals surface area contributed by atoms with Crippen molar-refractivity contribution in [2.24, 2.45) is 0 Å². The smallest absolute Gasteiger partial charge is 0.295 e. The van der Waals surface area contributed by atoms with Gasteiger partial charge < -0.3 is 15.3 Å². The second-order valence-corrected chi connectivity index (χ2v) is 7.20. The van der Waals surface area contributed by atoms with Crippen LogP contribution in [0.3, 0.4) is 0 Å². The summed E-state index contributed by atoms with van der Waals surface area (Å²) >= 11 is 1.07. The molecule has 0 saturated carbocycles. The molecule has 10 heteroatoms. The van der Waals surface area contributed by atoms with Gasteiger partial charge in [0.1, 0.15) is 27.8 Å². The summed E-state index contributed by atoms with van der Waals surface area (Å²) < 4.78 is 44.6. The standard InChI is InChI=1S/C18H13F3N4O2S/c1-18(26,13-9(19)3-2-6-23-13)12-7-8-15(22)24-16(25-17(8)28-12)11-5-4-10(27-11)14(20)21/h2-7,14,26H,1H3,(H2,22,24,25). The lowest BCUT2D eigenvalue weighted by atomic mass is 9.99. The largest absolute Gasteiger partial charge is 0.452 e. The van der Waals surface area contributed by atoms with Gasteiger partial charge in [0, 0.05) is 11.1 Å². The van der Waals surface area contributed by atoms with E-state index in [-0.39, 0.29) is 23.1 Å². The number of furan rings is 1. The quantitative estimate of drug-likeness (QED) is 0.526. The maximum atomic E-state index is 14.1. The Bertz CT molecular complexity index is 1170. The number of hydrogen-bond acceptors (Lipinski definition) is 7. The molecule has 28 heavy (non-hydrogen) atoms. The van der Waals surface area contributed by atoms with Crippen molar-refractivity contribution in [2.45, 2.75) is 19.0 Å². The molecule has 0 spiro atoms. The second kappa shape index (κ2) is 6.57. The summed E-state index contributed by atoms with van der Waals surface area (Å²) in [6.07, 6.45) is -1.38. The van der Waals surface area contributed by atoms with Gasteiger partial charge in [-0.25, -0.2) is 23.1 Å². The van der Waals surface area contributed by atoms with Crippen molar-refractivity contribution in [3.63, 3.8) is 0 Å². The predicted molar refractivity (Wildman–Crippen MR) is 97.4 cm³/mol. The van der Waals surface area contributed by atoms with Gasteiger partial charge in [-0.2, -0.15) is 0 Å².